The molecular weight excluding hydrogens is 1160 g/mol. The number of halogens is 2. The van der Waals surface area contributed by atoms with E-state index in [4.69, 9.17) is 33.2 Å². The summed E-state index contributed by atoms with van der Waals surface area (Å²) in [6.07, 6.45) is -1.08. The number of aliphatic hydroxyl groups is 1. The van der Waals surface area contributed by atoms with Gasteiger partial charge in [0.1, 0.15) is 78.7 Å². The van der Waals surface area contributed by atoms with Crippen LogP contribution in [0.15, 0.2) is 215 Å². The van der Waals surface area contributed by atoms with Crippen molar-refractivity contribution in [3.8, 4) is 34.5 Å². The number of alkyl carbamates (subject to hydrolysis) is 2. The summed E-state index contributed by atoms with van der Waals surface area (Å²) in [4.78, 5) is 24.5. The summed E-state index contributed by atoms with van der Waals surface area (Å²) in [5, 5.41) is 24.6. The molecule has 2 atom stereocenters. The quantitative estimate of drug-likeness (QED) is 0.0574. The van der Waals surface area contributed by atoms with E-state index in [2.05, 4.69) is 42.5 Å². The van der Waals surface area contributed by atoms with Crippen molar-refractivity contribution in [3.63, 3.8) is 0 Å². The predicted molar refractivity (Wildman–Crippen MR) is 323 cm³/mol. The first-order chi connectivity index (χ1) is 38.9. The van der Waals surface area contributed by atoms with E-state index in [0.717, 1.165) is 49.4 Å². The summed E-state index contributed by atoms with van der Waals surface area (Å²) in [7, 11) is 0. The molecule has 8 aromatic carbocycles. The van der Waals surface area contributed by atoms with Gasteiger partial charge >= 0.3 is 12.2 Å². The monoisotopic (exact) mass is 1220 g/mol. The molecule has 4 N–H and O–H groups in total. The maximum absolute atomic E-state index is 12.7. The fourth-order valence-corrected chi connectivity index (χ4v) is 7.96. The normalized spacial score (nSPS) is 11.6. The Balaban J connectivity index is 0.000000218. The lowest BCUT2D eigenvalue weighted by Crippen LogP contribution is -2.37. The molecule has 0 radical (unpaired) electrons. The Labute approximate surface area is 492 Å². The number of phenols is 1. The van der Waals surface area contributed by atoms with Crippen molar-refractivity contribution in [2.45, 2.75) is 91.3 Å². The third-order valence-corrected chi connectivity index (χ3v) is 12.7. The molecule has 0 heterocycles. The topological polar surface area (TPSA) is 163 Å². The number of hydrogen-bond acceptors (Lipinski definition) is 11. The van der Waals surface area contributed by atoms with Gasteiger partial charge in [-0.3, -0.25) is 0 Å². The Kier molecular flexibility index (Phi) is 24.4. The van der Waals surface area contributed by atoms with E-state index < -0.39 is 35.5 Å². The Hall–Kier alpha value is -7.98. The van der Waals surface area contributed by atoms with Gasteiger partial charge in [0.15, 0.2) is 0 Å². The second-order valence-corrected chi connectivity index (χ2v) is 22.0. The lowest BCUT2D eigenvalue weighted by molar-refractivity contribution is 0.0473. The van der Waals surface area contributed by atoms with Crippen molar-refractivity contribution in [2.75, 3.05) is 13.2 Å². The number of ether oxygens (including phenoxy) is 7. The zero-order chi connectivity index (χ0) is 58.0. The molecule has 0 spiro atoms. The number of rotatable bonds is 20. The number of carbonyl (C=O) groups is 2. The van der Waals surface area contributed by atoms with Crippen molar-refractivity contribution in [3.05, 3.63) is 249 Å². The third kappa shape index (κ3) is 23.3. The van der Waals surface area contributed by atoms with Crippen molar-refractivity contribution in [1.29, 1.82) is 0 Å². The van der Waals surface area contributed by atoms with E-state index >= 15 is 0 Å². The summed E-state index contributed by atoms with van der Waals surface area (Å²) in [6.45, 7) is 12.7. The van der Waals surface area contributed by atoms with E-state index in [1.807, 2.05) is 215 Å². The van der Waals surface area contributed by atoms with Crippen LogP contribution in [-0.4, -0.2) is 46.8 Å². The van der Waals surface area contributed by atoms with Crippen molar-refractivity contribution >= 4 is 44.0 Å². The standard InChI is InChI=1S/C33H34BrNO5.C20H25NO4.C13H11BrO2/c1-33(2,3)40-32(36)35-30(26-14-16-27(17-15-26)37-21-24-10-6-4-7-11-24)23-39-31-20-28(18-19-29(31)34)38-22-25-12-8-5-9-13-25;1-20(2,3)25-19(23)21-18(13-22)16-9-11-17(12-10-16)24-14-15-7-5-4-6-8-15;14-12-7-6-11(8-13(12)15)16-9-10-4-2-1-3-5-10/h4-20,30H,21-23H2,1-3H3,(H,35,36);4-12,18,22H,13-14H2,1-3H3,(H,21,23);1-8,15H,9H2/t30-;18-;/m00./s1. The lowest BCUT2D eigenvalue weighted by Gasteiger charge is -2.24. The van der Waals surface area contributed by atoms with Gasteiger partial charge in [0, 0.05) is 12.1 Å². The smallest absolute Gasteiger partial charge is 0.408 e. The van der Waals surface area contributed by atoms with Crippen LogP contribution in [0, 0.1) is 0 Å². The van der Waals surface area contributed by atoms with Crippen LogP contribution in [0.1, 0.15) is 87.0 Å². The first kappa shape index (κ1) is 62.2. The molecule has 0 aliphatic rings. The molecule has 13 nitrogen and oxygen atoms in total. The molecule has 0 aromatic heterocycles. The first-order valence-electron chi connectivity index (χ1n) is 26.3. The molecule has 15 heteroatoms. The molecule has 8 rings (SSSR count). The molecule has 0 fully saturated rings. The first-order valence-corrected chi connectivity index (χ1v) is 27.8. The molecule has 0 saturated heterocycles. The maximum Gasteiger partial charge on any atom is 0.408 e. The summed E-state index contributed by atoms with van der Waals surface area (Å²) >= 11 is 6.78. The van der Waals surface area contributed by atoms with Gasteiger partial charge in [0.2, 0.25) is 0 Å². The number of nitrogens with one attached hydrogen (secondary N) is 2. The third-order valence-electron chi connectivity index (χ3n) is 11.3. The van der Waals surface area contributed by atoms with Gasteiger partial charge in [0.25, 0.3) is 0 Å². The summed E-state index contributed by atoms with van der Waals surface area (Å²) < 4.78 is 41.5. The molecule has 0 unspecified atom stereocenters. The Bertz CT molecular complexity index is 3120. The van der Waals surface area contributed by atoms with Gasteiger partial charge in [-0.25, -0.2) is 9.59 Å². The second-order valence-electron chi connectivity index (χ2n) is 20.3. The number of amides is 2. The molecule has 424 valence electrons. The lowest BCUT2D eigenvalue weighted by atomic mass is 10.1. The predicted octanol–water partition coefficient (Wildman–Crippen LogP) is 15.8. The van der Waals surface area contributed by atoms with E-state index in [-0.39, 0.29) is 19.0 Å². The van der Waals surface area contributed by atoms with Crippen LogP contribution in [0.5, 0.6) is 34.5 Å². The van der Waals surface area contributed by atoms with Gasteiger partial charge < -0.3 is 54.0 Å². The van der Waals surface area contributed by atoms with Crippen LogP contribution >= 0.6 is 31.9 Å². The highest BCUT2D eigenvalue weighted by atomic mass is 79.9. The highest BCUT2D eigenvalue weighted by molar-refractivity contribution is 9.11. The minimum Gasteiger partial charge on any atom is -0.507 e. The van der Waals surface area contributed by atoms with Gasteiger partial charge in [0.05, 0.1) is 27.6 Å². The molecule has 0 aliphatic carbocycles. The van der Waals surface area contributed by atoms with E-state index in [1.165, 1.54) is 0 Å². The van der Waals surface area contributed by atoms with E-state index in [1.54, 1.807) is 32.9 Å². The Morgan fingerprint density at radius 1 is 0.432 bits per heavy atom. The minimum absolute atomic E-state index is 0.171. The van der Waals surface area contributed by atoms with Crippen LogP contribution in [0.2, 0.25) is 0 Å². The number of carbonyl (C=O) groups excluding carboxylic acids is 2. The zero-order valence-electron chi connectivity index (χ0n) is 46.4. The number of phenolic OH excluding ortho intramolecular Hbond substituents is 1. The average Bonchev–Trinajstić information content (AvgIpc) is 3.46. The van der Waals surface area contributed by atoms with Crippen LogP contribution < -0.4 is 34.3 Å². The highest BCUT2D eigenvalue weighted by Gasteiger charge is 2.23. The summed E-state index contributed by atoms with van der Waals surface area (Å²) in [5.74, 6) is 3.58. The fraction of sp³-hybridized carbons (Fsp3) is 0.242. The summed E-state index contributed by atoms with van der Waals surface area (Å²) in [5.41, 5.74) is 4.77. The van der Waals surface area contributed by atoms with Crippen LogP contribution in [-0.2, 0) is 35.9 Å². The number of aromatic hydroxyl groups is 1. The van der Waals surface area contributed by atoms with Gasteiger partial charge in [-0.1, -0.05) is 146 Å². The Morgan fingerprint density at radius 3 is 1.14 bits per heavy atom. The number of benzene rings is 8. The Morgan fingerprint density at radius 2 is 0.765 bits per heavy atom. The molecular formula is C66H70Br2N2O11. The zero-order valence-corrected chi connectivity index (χ0v) is 49.5. The number of aliphatic hydroxyl groups excluding tert-OH is 1. The van der Waals surface area contributed by atoms with Crippen molar-refractivity contribution in [2.24, 2.45) is 0 Å². The van der Waals surface area contributed by atoms with E-state index in [9.17, 15) is 19.8 Å². The summed E-state index contributed by atoms with van der Waals surface area (Å²) in [6, 6.07) is 64.4. The van der Waals surface area contributed by atoms with Gasteiger partial charge in [-0.05, 0) is 155 Å². The highest BCUT2D eigenvalue weighted by Crippen LogP contribution is 2.32. The molecule has 0 bridgehead atoms. The molecule has 2 amide bonds. The maximum atomic E-state index is 12.7. The second kappa shape index (κ2) is 31.7. The average molecular weight is 1230 g/mol. The van der Waals surface area contributed by atoms with E-state index in [0.29, 0.717) is 48.1 Å². The van der Waals surface area contributed by atoms with Gasteiger partial charge in [-0.15, -0.1) is 0 Å². The fourth-order valence-electron chi connectivity index (χ4n) is 7.35. The molecule has 8 aromatic rings. The van der Waals surface area contributed by atoms with Crippen LogP contribution in [0.3, 0.4) is 0 Å². The van der Waals surface area contributed by atoms with Crippen LogP contribution in [0.25, 0.3) is 0 Å². The van der Waals surface area contributed by atoms with Crippen LogP contribution in [0.4, 0.5) is 9.59 Å². The number of hydrogen-bond donors (Lipinski definition) is 4. The largest absolute Gasteiger partial charge is 0.507 e. The molecule has 81 heavy (non-hydrogen) atoms. The minimum atomic E-state index is -0.627. The van der Waals surface area contributed by atoms with Gasteiger partial charge in [-0.2, -0.15) is 0 Å². The van der Waals surface area contributed by atoms with Crippen molar-refractivity contribution < 1.29 is 53.0 Å². The molecule has 0 saturated carbocycles. The SMILES string of the molecule is CC(C)(C)OC(=O)N[C@@H](CO)c1ccc(OCc2ccccc2)cc1.CC(C)(C)OC(=O)N[C@@H](COc1cc(OCc2ccccc2)ccc1Br)c1ccc(OCc2ccccc2)cc1.Oc1cc(OCc2ccccc2)ccc1Br. The van der Waals surface area contributed by atoms with Crippen molar-refractivity contribution in [1.82, 2.24) is 10.6 Å². The molecule has 0 aliphatic heterocycles.